The van der Waals surface area contributed by atoms with Crippen LogP contribution in [-0.4, -0.2) is 16.1 Å². The Morgan fingerprint density at radius 2 is 2.03 bits per heavy atom. The molecule has 9 heteroatoms. The molecule has 0 fully saturated rings. The second-order valence-corrected chi connectivity index (χ2v) is 7.95. The molecule has 0 bridgehead atoms. The Morgan fingerprint density at radius 1 is 1.23 bits per heavy atom. The average Bonchev–Trinajstić information content (AvgIpc) is 3.15. The minimum Gasteiger partial charge on any atom is -0.457 e. The molecule has 1 atom stereocenters. The number of rotatable bonds is 6. The molecule has 1 N–H and O–H groups in total. The molecule has 0 spiro atoms. The number of pyridine rings is 1. The largest absolute Gasteiger partial charge is 0.457 e. The molecule has 4 nitrogen and oxygen atoms in total. The standard InChI is InChI=1S/C21H15ClF3NO3S/c22-18-7-6-16(30-18)10-17(19(27)14-4-2-8-26-11-14)20(28)29-12-13-3-1-5-15(9-13)21(23,24)25/h1-11,19,27H,12H2/b17-10-. The van der Waals surface area contributed by atoms with Gasteiger partial charge >= 0.3 is 12.1 Å². The fourth-order valence-corrected chi connectivity index (χ4v) is 3.61. The topological polar surface area (TPSA) is 59.4 Å². The molecule has 0 aliphatic carbocycles. The highest BCUT2D eigenvalue weighted by Crippen LogP contribution is 2.31. The van der Waals surface area contributed by atoms with E-state index in [0.29, 0.717) is 14.8 Å². The van der Waals surface area contributed by atoms with E-state index in [1.807, 2.05) is 0 Å². The zero-order chi connectivity index (χ0) is 21.7. The Bertz CT molecular complexity index is 1050. The van der Waals surface area contributed by atoms with E-state index in [2.05, 4.69) is 4.98 Å². The number of hydrogen-bond acceptors (Lipinski definition) is 5. The lowest BCUT2D eigenvalue weighted by Gasteiger charge is -2.15. The number of aromatic nitrogens is 1. The van der Waals surface area contributed by atoms with Gasteiger partial charge in [-0.25, -0.2) is 4.79 Å². The molecular weight excluding hydrogens is 439 g/mol. The highest BCUT2D eigenvalue weighted by Gasteiger charge is 2.30. The second-order valence-electron chi connectivity index (χ2n) is 6.20. The zero-order valence-corrected chi connectivity index (χ0v) is 16.8. The third-order valence-electron chi connectivity index (χ3n) is 4.05. The summed E-state index contributed by atoms with van der Waals surface area (Å²) >= 11 is 7.12. The van der Waals surface area contributed by atoms with Crippen molar-refractivity contribution >= 4 is 35.0 Å². The molecule has 0 aliphatic heterocycles. The molecule has 1 aromatic carbocycles. The molecular formula is C21H15ClF3NO3S. The summed E-state index contributed by atoms with van der Waals surface area (Å²) < 4.78 is 44.3. The van der Waals surface area contributed by atoms with Gasteiger partial charge < -0.3 is 9.84 Å². The van der Waals surface area contributed by atoms with E-state index >= 15 is 0 Å². The third kappa shape index (κ3) is 5.69. The summed E-state index contributed by atoms with van der Waals surface area (Å²) in [7, 11) is 0. The van der Waals surface area contributed by atoms with Gasteiger partial charge in [-0.3, -0.25) is 4.98 Å². The highest BCUT2D eigenvalue weighted by molar-refractivity contribution is 7.17. The smallest absolute Gasteiger partial charge is 0.416 e. The van der Waals surface area contributed by atoms with Crippen molar-refractivity contribution in [3.05, 3.63) is 92.4 Å². The van der Waals surface area contributed by atoms with Crippen molar-refractivity contribution in [1.82, 2.24) is 4.98 Å². The van der Waals surface area contributed by atoms with Gasteiger partial charge in [0.2, 0.25) is 0 Å². The predicted octanol–water partition coefficient (Wildman–Crippen LogP) is 5.68. The van der Waals surface area contributed by atoms with Crippen LogP contribution < -0.4 is 0 Å². The van der Waals surface area contributed by atoms with Crippen LogP contribution in [0.1, 0.15) is 27.7 Å². The van der Waals surface area contributed by atoms with Crippen LogP contribution in [0.15, 0.2) is 66.5 Å². The Kier molecular flexibility index (Phi) is 6.91. The first-order valence-corrected chi connectivity index (χ1v) is 9.81. The van der Waals surface area contributed by atoms with Crippen LogP contribution in [0.4, 0.5) is 13.2 Å². The van der Waals surface area contributed by atoms with E-state index in [0.717, 1.165) is 12.1 Å². The van der Waals surface area contributed by atoms with Crippen molar-refractivity contribution in [2.45, 2.75) is 18.9 Å². The van der Waals surface area contributed by atoms with Crippen LogP contribution in [0.5, 0.6) is 0 Å². The van der Waals surface area contributed by atoms with Crippen LogP contribution in [0, 0.1) is 0 Å². The average molecular weight is 454 g/mol. The molecule has 2 heterocycles. The summed E-state index contributed by atoms with van der Waals surface area (Å²) in [5.41, 5.74) is -0.390. The number of thiophene rings is 1. The minimum atomic E-state index is -4.50. The number of nitrogens with zero attached hydrogens (tertiary/aromatic N) is 1. The fraction of sp³-hybridized carbons (Fsp3) is 0.143. The van der Waals surface area contributed by atoms with Crippen LogP contribution in [-0.2, 0) is 22.3 Å². The van der Waals surface area contributed by atoms with Gasteiger partial charge in [0.25, 0.3) is 0 Å². The normalized spacial score (nSPS) is 13.2. The molecule has 2 aromatic heterocycles. The minimum absolute atomic E-state index is 0.0894. The maximum absolute atomic E-state index is 12.9. The molecule has 0 saturated carbocycles. The Hall–Kier alpha value is -2.68. The molecule has 3 aromatic rings. The van der Waals surface area contributed by atoms with Crippen LogP contribution in [0.2, 0.25) is 4.34 Å². The first-order chi connectivity index (χ1) is 14.2. The van der Waals surface area contributed by atoms with Gasteiger partial charge in [0.1, 0.15) is 12.7 Å². The highest BCUT2D eigenvalue weighted by atomic mass is 35.5. The number of halogens is 4. The second kappa shape index (κ2) is 9.42. The number of hydrogen-bond donors (Lipinski definition) is 1. The van der Waals surface area contributed by atoms with Crippen molar-refractivity contribution in [3.63, 3.8) is 0 Å². The summed E-state index contributed by atoms with van der Waals surface area (Å²) in [5.74, 6) is -0.867. The summed E-state index contributed by atoms with van der Waals surface area (Å²) in [6, 6.07) is 11.0. The molecule has 0 radical (unpaired) electrons. The molecule has 0 amide bonds. The van der Waals surface area contributed by atoms with E-state index in [4.69, 9.17) is 16.3 Å². The predicted molar refractivity (Wildman–Crippen MR) is 108 cm³/mol. The number of aliphatic hydroxyl groups excluding tert-OH is 1. The van der Waals surface area contributed by atoms with E-state index < -0.39 is 23.8 Å². The maximum atomic E-state index is 12.9. The van der Waals surface area contributed by atoms with Crippen molar-refractivity contribution in [1.29, 1.82) is 0 Å². The maximum Gasteiger partial charge on any atom is 0.416 e. The molecule has 0 saturated heterocycles. The van der Waals surface area contributed by atoms with Gasteiger partial charge in [0, 0.05) is 22.8 Å². The van der Waals surface area contributed by atoms with Crippen LogP contribution in [0.25, 0.3) is 6.08 Å². The zero-order valence-electron chi connectivity index (χ0n) is 15.3. The van der Waals surface area contributed by atoms with Gasteiger partial charge in [0.15, 0.2) is 0 Å². The molecule has 156 valence electrons. The quantitative estimate of drug-likeness (QED) is 0.385. The summed E-state index contributed by atoms with van der Waals surface area (Å²) in [5, 5.41) is 10.7. The summed E-state index contributed by atoms with van der Waals surface area (Å²) in [4.78, 5) is 17.2. The number of aliphatic hydroxyl groups is 1. The number of benzene rings is 1. The number of ether oxygens (including phenoxy) is 1. The lowest BCUT2D eigenvalue weighted by Crippen LogP contribution is -2.15. The molecule has 3 rings (SSSR count). The van der Waals surface area contributed by atoms with Crippen LogP contribution in [0.3, 0.4) is 0 Å². The van der Waals surface area contributed by atoms with Gasteiger partial charge in [-0.05, 0) is 42.0 Å². The van der Waals surface area contributed by atoms with E-state index in [1.165, 1.54) is 41.9 Å². The van der Waals surface area contributed by atoms with Crippen molar-refractivity contribution in [2.75, 3.05) is 0 Å². The van der Waals surface area contributed by atoms with Gasteiger partial charge in [0.05, 0.1) is 15.5 Å². The first-order valence-electron chi connectivity index (χ1n) is 8.62. The van der Waals surface area contributed by atoms with Crippen molar-refractivity contribution < 1.29 is 27.8 Å². The van der Waals surface area contributed by atoms with Gasteiger partial charge in [-0.2, -0.15) is 13.2 Å². The summed E-state index contributed by atoms with van der Waals surface area (Å²) in [6.07, 6.45) is -1.48. The van der Waals surface area contributed by atoms with Crippen molar-refractivity contribution in [2.24, 2.45) is 0 Å². The molecule has 1 unspecified atom stereocenters. The van der Waals surface area contributed by atoms with Gasteiger partial charge in [-0.15, -0.1) is 11.3 Å². The first kappa shape index (κ1) is 22.0. The summed E-state index contributed by atoms with van der Waals surface area (Å²) in [6.45, 7) is -0.384. The van der Waals surface area contributed by atoms with E-state index in [1.54, 1.807) is 24.3 Å². The lowest BCUT2D eigenvalue weighted by atomic mass is 10.0. The van der Waals surface area contributed by atoms with Crippen molar-refractivity contribution in [3.8, 4) is 0 Å². The monoisotopic (exact) mass is 453 g/mol. The van der Waals surface area contributed by atoms with Crippen LogP contribution >= 0.6 is 22.9 Å². The van der Waals surface area contributed by atoms with Gasteiger partial charge in [-0.1, -0.05) is 29.8 Å². The molecule has 0 aliphatic rings. The number of alkyl halides is 3. The Balaban J connectivity index is 1.83. The number of esters is 1. The van der Waals surface area contributed by atoms with E-state index in [-0.39, 0.29) is 17.7 Å². The Morgan fingerprint density at radius 3 is 2.67 bits per heavy atom. The third-order valence-corrected chi connectivity index (χ3v) is 5.22. The SMILES string of the molecule is O=C(OCc1cccc(C(F)(F)F)c1)/C(=C\c1ccc(Cl)s1)C(O)c1cccnc1. The lowest BCUT2D eigenvalue weighted by molar-refractivity contribution is -0.141. The van der Waals surface area contributed by atoms with E-state index in [9.17, 15) is 23.1 Å². The fourth-order valence-electron chi connectivity index (χ4n) is 2.60. The number of carbonyl (C=O) groups excluding carboxylic acids is 1. The molecule has 30 heavy (non-hydrogen) atoms. The number of carbonyl (C=O) groups is 1. The Labute approximate surface area is 179 Å².